The number of benzene rings is 1. The first-order valence-electron chi connectivity index (χ1n) is 9.55. The molecule has 7 nitrogen and oxygen atoms in total. The molecular formula is C20H27N3O4S. The smallest absolute Gasteiger partial charge is 0.251 e. The van der Waals surface area contributed by atoms with Gasteiger partial charge in [0.2, 0.25) is 10.0 Å². The Morgan fingerprint density at radius 2 is 1.93 bits per heavy atom. The Morgan fingerprint density at radius 3 is 2.57 bits per heavy atom. The zero-order valence-corrected chi connectivity index (χ0v) is 17.0. The standard InChI is InChI=1S/C20H27N3O4S/c1-15(2)22-28(25,26)17-8-5-7-16(13-17)20(24)21-14-18(19-9-6-12-27-19)23-10-3-4-11-23/h5-9,12-13,15,18,22H,3-4,10-11,14H2,1-2H3,(H,21,24). The number of sulfonamides is 1. The highest BCUT2D eigenvalue weighted by Crippen LogP contribution is 2.25. The highest BCUT2D eigenvalue weighted by Gasteiger charge is 2.26. The molecule has 1 aliphatic rings. The van der Waals surface area contributed by atoms with Gasteiger partial charge in [0.1, 0.15) is 5.76 Å². The van der Waals surface area contributed by atoms with Gasteiger partial charge in [0.15, 0.2) is 0 Å². The maximum Gasteiger partial charge on any atom is 0.251 e. The van der Waals surface area contributed by atoms with Gasteiger partial charge in [0, 0.05) is 18.2 Å². The fourth-order valence-corrected chi connectivity index (χ4v) is 4.71. The molecule has 1 atom stereocenters. The van der Waals surface area contributed by atoms with E-state index in [0.29, 0.717) is 12.1 Å². The molecule has 1 aromatic carbocycles. The summed E-state index contributed by atoms with van der Waals surface area (Å²) in [5, 5.41) is 2.93. The topological polar surface area (TPSA) is 91.6 Å². The molecule has 28 heavy (non-hydrogen) atoms. The molecule has 1 saturated heterocycles. The summed E-state index contributed by atoms with van der Waals surface area (Å²) in [5.41, 5.74) is 0.311. The molecule has 8 heteroatoms. The number of carbonyl (C=O) groups excluding carboxylic acids is 1. The van der Waals surface area contributed by atoms with Crippen LogP contribution >= 0.6 is 0 Å². The predicted molar refractivity (Wildman–Crippen MR) is 106 cm³/mol. The number of hydrogen-bond acceptors (Lipinski definition) is 5. The van der Waals surface area contributed by atoms with Crippen LogP contribution in [0.25, 0.3) is 0 Å². The van der Waals surface area contributed by atoms with E-state index in [0.717, 1.165) is 31.7 Å². The molecule has 0 saturated carbocycles. The summed E-state index contributed by atoms with van der Waals surface area (Å²) >= 11 is 0. The second-order valence-corrected chi connectivity index (χ2v) is 9.00. The maximum atomic E-state index is 12.7. The minimum absolute atomic E-state index is 0.0315. The van der Waals surface area contributed by atoms with Crippen LogP contribution in [-0.4, -0.2) is 44.9 Å². The predicted octanol–water partition coefficient (Wildman–Crippen LogP) is 2.53. The van der Waals surface area contributed by atoms with Gasteiger partial charge < -0.3 is 9.73 Å². The Balaban J connectivity index is 1.71. The van der Waals surface area contributed by atoms with Crippen LogP contribution in [0.3, 0.4) is 0 Å². The Kier molecular flexibility index (Phi) is 6.53. The highest BCUT2D eigenvalue weighted by molar-refractivity contribution is 7.89. The van der Waals surface area contributed by atoms with Crippen LogP contribution in [0.4, 0.5) is 0 Å². The van der Waals surface area contributed by atoms with E-state index in [-0.39, 0.29) is 22.9 Å². The van der Waals surface area contributed by atoms with Crippen LogP contribution in [-0.2, 0) is 10.0 Å². The van der Waals surface area contributed by atoms with E-state index < -0.39 is 10.0 Å². The highest BCUT2D eigenvalue weighted by atomic mass is 32.2. The lowest BCUT2D eigenvalue weighted by atomic mass is 10.1. The largest absolute Gasteiger partial charge is 0.468 e. The molecule has 2 aromatic rings. The van der Waals surface area contributed by atoms with Crippen molar-refractivity contribution in [3.63, 3.8) is 0 Å². The van der Waals surface area contributed by atoms with Gasteiger partial charge in [-0.05, 0) is 70.1 Å². The number of amides is 1. The summed E-state index contributed by atoms with van der Waals surface area (Å²) in [6, 6.07) is 9.58. The molecule has 2 N–H and O–H groups in total. The summed E-state index contributed by atoms with van der Waals surface area (Å²) in [5.74, 6) is 0.511. The van der Waals surface area contributed by atoms with Gasteiger partial charge in [-0.1, -0.05) is 6.07 Å². The third-order valence-corrected chi connectivity index (χ3v) is 6.36. The molecule has 0 bridgehead atoms. The van der Waals surface area contributed by atoms with Crippen molar-refractivity contribution in [2.75, 3.05) is 19.6 Å². The number of carbonyl (C=O) groups is 1. The lowest BCUT2D eigenvalue weighted by molar-refractivity contribution is 0.0933. The number of hydrogen-bond donors (Lipinski definition) is 2. The van der Waals surface area contributed by atoms with Crippen molar-refractivity contribution in [2.24, 2.45) is 0 Å². The van der Waals surface area contributed by atoms with E-state index in [1.54, 1.807) is 32.2 Å². The molecule has 1 unspecified atom stereocenters. The van der Waals surface area contributed by atoms with Crippen LogP contribution in [0.15, 0.2) is 52.0 Å². The van der Waals surface area contributed by atoms with Crippen LogP contribution in [0.5, 0.6) is 0 Å². The van der Waals surface area contributed by atoms with Crippen LogP contribution in [0.1, 0.15) is 48.8 Å². The molecule has 3 rings (SSSR count). The molecule has 0 radical (unpaired) electrons. The Morgan fingerprint density at radius 1 is 1.18 bits per heavy atom. The lowest BCUT2D eigenvalue weighted by Gasteiger charge is -2.26. The van der Waals surface area contributed by atoms with Crippen LogP contribution in [0.2, 0.25) is 0 Å². The fourth-order valence-electron chi connectivity index (χ4n) is 3.42. The zero-order valence-electron chi connectivity index (χ0n) is 16.2. The van der Waals surface area contributed by atoms with E-state index in [1.807, 2.05) is 12.1 Å². The van der Waals surface area contributed by atoms with E-state index in [4.69, 9.17) is 4.42 Å². The van der Waals surface area contributed by atoms with Crippen LogP contribution < -0.4 is 10.0 Å². The van der Waals surface area contributed by atoms with Crippen molar-refractivity contribution in [1.82, 2.24) is 14.9 Å². The van der Waals surface area contributed by atoms with Crippen molar-refractivity contribution in [1.29, 1.82) is 0 Å². The fraction of sp³-hybridized carbons (Fsp3) is 0.450. The normalized spacial score (nSPS) is 16.4. The van der Waals surface area contributed by atoms with Crippen molar-refractivity contribution in [3.05, 3.63) is 54.0 Å². The Bertz CT molecular complexity index is 888. The van der Waals surface area contributed by atoms with Crippen molar-refractivity contribution < 1.29 is 17.6 Å². The minimum Gasteiger partial charge on any atom is -0.468 e. The van der Waals surface area contributed by atoms with Crippen molar-refractivity contribution in [2.45, 2.75) is 43.7 Å². The number of nitrogens with one attached hydrogen (secondary N) is 2. The molecule has 0 spiro atoms. The van der Waals surface area contributed by atoms with Gasteiger partial charge in [-0.15, -0.1) is 0 Å². The van der Waals surface area contributed by atoms with E-state index in [2.05, 4.69) is 14.9 Å². The number of rotatable bonds is 8. The number of likely N-dealkylation sites (tertiary alicyclic amines) is 1. The summed E-state index contributed by atoms with van der Waals surface area (Å²) < 4.78 is 32.8. The Labute approximate surface area is 166 Å². The quantitative estimate of drug-likeness (QED) is 0.704. The molecule has 152 valence electrons. The zero-order chi connectivity index (χ0) is 20.1. The molecular weight excluding hydrogens is 378 g/mol. The molecule has 0 aliphatic carbocycles. The van der Waals surface area contributed by atoms with Gasteiger partial charge in [0.05, 0.1) is 17.2 Å². The second-order valence-electron chi connectivity index (χ2n) is 7.29. The van der Waals surface area contributed by atoms with Gasteiger partial charge in [-0.3, -0.25) is 9.69 Å². The maximum absolute atomic E-state index is 12.7. The van der Waals surface area contributed by atoms with Gasteiger partial charge >= 0.3 is 0 Å². The summed E-state index contributed by atoms with van der Waals surface area (Å²) in [4.78, 5) is 15.0. The second kappa shape index (κ2) is 8.89. The third kappa shape index (κ3) is 5.01. The summed E-state index contributed by atoms with van der Waals surface area (Å²) in [7, 11) is -3.65. The lowest BCUT2D eigenvalue weighted by Crippen LogP contribution is -2.36. The molecule has 1 fully saturated rings. The monoisotopic (exact) mass is 405 g/mol. The number of nitrogens with zero attached hydrogens (tertiary/aromatic N) is 1. The summed E-state index contributed by atoms with van der Waals surface area (Å²) in [6.45, 7) is 5.84. The molecule has 2 heterocycles. The SMILES string of the molecule is CC(C)NS(=O)(=O)c1cccc(C(=O)NCC(c2ccco2)N2CCCC2)c1. The first kappa shape index (κ1) is 20.6. The third-order valence-electron chi connectivity index (χ3n) is 4.71. The first-order valence-corrected chi connectivity index (χ1v) is 11.0. The van der Waals surface area contributed by atoms with E-state index in [1.165, 1.54) is 12.1 Å². The van der Waals surface area contributed by atoms with E-state index in [9.17, 15) is 13.2 Å². The minimum atomic E-state index is -3.65. The average molecular weight is 406 g/mol. The average Bonchev–Trinajstić information content (AvgIpc) is 3.35. The summed E-state index contributed by atoms with van der Waals surface area (Å²) in [6.07, 6.45) is 3.90. The van der Waals surface area contributed by atoms with E-state index >= 15 is 0 Å². The van der Waals surface area contributed by atoms with Crippen LogP contribution in [0, 0.1) is 0 Å². The van der Waals surface area contributed by atoms with Crippen molar-refractivity contribution >= 4 is 15.9 Å². The van der Waals surface area contributed by atoms with Gasteiger partial charge in [-0.2, -0.15) is 0 Å². The van der Waals surface area contributed by atoms with Gasteiger partial charge in [-0.25, -0.2) is 13.1 Å². The molecule has 1 aliphatic heterocycles. The number of furan rings is 1. The molecule has 1 aromatic heterocycles. The van der Waals surface area contributed by atoms with Crippen molar-refractivity contribution in [3.8, 4) is 0 Å². The first-order chi connectivity index (χ1) is 13.4. The molecule has 1 amide bonds. The Hall–Kier alpha value is -2.16. The van der Waals surface area contributed by atoms with Gasteiger partial charge in [0.25, 0.3) is 5.91 Å².